The van der Waals surface area contributed by atoms with Crippen LogP contribution in [0.3, 0.4) is 0 Å². The van der Waals surface area contributed by atoms with E-state index in [2.05, 4.69) is 11.0 Å². The SMILES string of the molecule is N#CCCCCN1CCCCC1CC(=O)O. The van der Waals surface area contributed by atoms with E-state index in [-0.39, 0.29) is 12.5 Å². The number of carboxylic acids is 1. The summed E-state index contributed by atoms with van der Waals surface area (Å²) in [5, 5.41) is 17.3. The molecule has 1 fully saturated rings. The highest BCUT2D eigenvalue weighted by atomic mass is 16.4. The second-order valence-corrected chi connectivity index (χ2v) is 4.40. The number of hydrogen-bond donors (Lipinski definition) is 1. The van der Waals surface area contributed by atoms with Crippen molar-refractivity contribution in [2.75, 3.05) is 13.1 Å². The zero-order valence-electron chi connectivity index (χ0n) is 9.69. The van der Waals surface area contributed by atoms with Gasteiger partial charge in [-0.15, -0.1) is 0 Å². The first-order valence-electron chi connectivity index (χ1n) is 6.07. The summed E-state index contributed by atoms with van der Waals surface area (Å²) < 4.78 is 0. The lowest BCUT2D eigenvalue weighted by Crippen LogP contribution is -2.41. The van der Waals surface area contributed by atoms with Crippen LogP contribution in [0.5, 0.6) is 0 Å². The number of hydrogen-bond acceptors (Lipinski definition) is 3. The minimum atomic E-state index is -0.700. The molecule has 1 rings (SSSR count). The Bertz CT molecular complexity index is 260. The van der Waals surface area contributed by atoms with Gasteiger partial charge in [-0.3, -0.25) is 9.69 Å². The second-order valence-electron chi connectivity index (χ2n) is 4.40. The van der Waals surface area contributed by atoms with Crippen molar-refractivity contribution in [2.24, 2.45) is 0 Å². The van der Waals surface area contributed by atoms with Crippen molar-refractivity contribution < 1.29 is 9.90 Å². The number of nitrogens with zero attached hydrogens (tertiary/aromatic N) is 2. The van der Waals surface area contributed by atoms with Gasteiger partial charge < -0.3 is 5.11 Å². The molecule has 0 amide bonds. The third-order valence-corrected chi connectivity index (χ3v) is 3.14. The molecule has 1 N–H and O–H groups in total. The van der Waals surface area contributed by atoms with Gasteiger partial charge in [-0.05, 0) is 38.8 Å². The molecule has 0 aromatic rings. The largest absolute Gasteiger partial charge is 0.481 e. The molecule has 1 atom stereocenters. The van der Waals surface area contributed by atoms with E-state index >= 15 is 0 Å². The maximum atomic E-state index is 10.7. The van der Waals surface area contributed by atoms with Crippen molar-refractivity contribution in [3.63, 3.8) is 0 Å². The van der Waals surface area contributed by atoms with Crippen molar-refractivity contribution in [1.82, 2.24) is 4.90 Å². The lowest BCUT2D eigenvalue weighted by atomic mass is 9.99. The first kappa shape index (κ1) is 13.0. The van der Waals surface area contributed by atoms with Crippen LogP contribution in [-0.2, 0) is 4.79 Å². The average molecular weight is 224 g/mol. The van der Waals surface area contributed by atoms with Gasteiger partial charge in [0.15, 0.2) is 0 Å². The molecular formula is C12H20N2O2. The number of carboxylic acid groups (broad SMARTS) is 1. The number of unbranched alkanes of at least 4 members (excludes halogenated alkanes) is 2. The van der Waals surface area contributed by atoms with Gasteiger partial charge in [0, 0.05) is 12.5 Å². The van der Waals surface area contributed by atoms with Gasteiger partial charge in [-0.2, -0.15) is 5.26 Å². The van der Waals surface area contributed by atoms with E-state index in [4.69, 9.17) is 10.4 Å². The molecule has 4 nitrogen and oxygen atoms in total. The molecule has 1 heterocycles. The van der Waals surface area contributed by atoms with Crippen LogP contribution in [0, 0.1) is 11.3 Å². The summed E-state index contributed by atoms with van der Waals surface area (Å²) in [4.78, 5) is 13.0. The molecule has 0 aliphatic carbocycles. The number of nitriles is 1. The second kappa shape index (κ2) is 7.24. The highest BCUT2D eigenvalue weighted by molar-refractivity contribution is 5.67. The summed E-state index contributed by atoms with van der Waals surface area (Å²) in [6.07, 6.45) is 6.12. The molecule has 1 aliphatic rings. The van der Waals surface area contributed by atoms with E-state index in [0.29, 0.717) is 6.42 Å². The highest BCUT2D eigenvalue weighted by Gasteiger charge is 2.23. The smallest absolute Gasteiger partial charge is 0.304 e. The molecule has 0 bridgehead atoms. The summed E-state index contributed by atoms with van der Waals surface area (Å²) in [6.45, 7) is 1.96. The minimum Gasteiger partial charge on any atom is -0.481 e. The zero-order valence-corrected chi connectivity index (χ0v) is 9.69. The Morgan fingerprint density at radius 3 is 2.94 bits per heavy atom. The Kier molecular flexibility index (Phi) is 5.87. The van der Waals surface area contributed by atoms with Gasteiger partial charge in [0.2, 0.25) is 0 Å². The Balaban J connectivity index is 2.29. The van der Waals surface area contributed by atoms with Crippen LogP contribution in [0.1, 0.15) is 44.9 Å². The predicted molar refractivity (Wildman–Crippen MR) is 60.9 cm³/mol. The summed E-state index contributed by atoms with van der Waals surface area (Å²) in [5.41, 5.74) is 0. The maximum absolute atomic E-state index is 10.7. The molecule has 16 heavy (non-hydrogen) atoms. The molecule has 0 aromatic heterocycles. The van der Waals surface area contributed by atoms with Gasteiger partial charge in [0.25, 0.3) is 0 Å². The molecule has 1 saturated heterocycles. The maximum Gasteiger partial charge on any atom is 0.304 e. The number of aliphatic carboxylic acids is 1. The molecule has 1 unspecified atom stereocenters. The van der Waals surface area contributed by atoms with Crippen molar-refractivity contribution in [3.8, 4) is 6.07 Å². The Morgan fingerprint density at radius 1 is 1.44 bits per heavy atom. The number of carbonyl (C=O) groups is 1. The van der Waals surface area contributed by atoms with Crippen LogP contribution >= 0.6 is 0 Å². The van der Waals surface area contributed by atoms with Crippen LogP contribution in [-0.4, -0.2) is 35.1 Å². The van der Waals surface area contributed by atoms with E-state index in [1.54, 1.807) is 0 Å². The topological polar surface area (TPSA) is 64.3 Å². The van der Waals surface area contributed by atoms with Crippen LogP contribution < -0.4 is 0 Å². The molecule has 90 valence electrons. The van der Waals surface area contributed by atoms with Crippen molar-refractivity contribution in [2.45, 2.75) is 51.0 Å². The van der Waals surface area contributed by atoms with Gasteiger partial charge in [0.05, 0.1) is 12.5 Å². The summed E-state index contributed by atoms with van der Waals surface area (Å²) in [7, 11) is 0. The fraction of sp³-hybridized carbons (Fsp3) is 0.833. The number of piperidine rings is 1. The molecule has 0 saturated carbocycles. The van der Waals surface area contributed by atoms with Crippen LogP contribution in [0.25, 0.3) is 0 Å². The van der Waals surface area contributed by atoms with Crippen molar-refractivity contribution in [3.05, 3.63) is 0 Å². The molecular weight excluding hydrogens is 204 g/mol. The Labute approximate surface area is 96.9 Å². The number of likely N-dealkylation sites (tertiary alicyclic amines) is 1. The molecule has 0 spiro atoms. The van der Waals surface area contributed by atoms with Crippen molar-refractivity contribution >= 4 is 5.97 Å². The first-order chi connectivity index (χ1) is 7.74. The fourth-order valence-electron chi connectivity index (χ4n) is 2.31. The summed E-state index contributed by atoms with van der Waals surface area (Å²) in [6, 6.07) is 2.35. The molecule has 1 aliphatic heterocycles. The minimum absolute atomic E-state index is 0.216. The van der Waals surface area contributed by atoms with Gasteiger partial charge >= 0.3 is 5.97 Å². The van der Waals surface area contributed by atoms with Gasteiger partial charge in [-0.1, -0.05) is 6.42 Å². The predicted octanol–water partition coefficient (Wildman–Crippen LogP) is 2.01. The third-order valence-electron chi connectivity index (χ3n) is 3.14. The van der Waals surface area contributed by atoms with Crippen molar-refractivity contribution in [1.29, 1.82) is 5.26 Å². The number of rotatable bonds is 6. The van der Waals surface area contributed by atoms with Gasteiger partial charge in [-0.25, -0.2) is 0 Å². The summed E-state index contributed by atoms with van der Waals surface area (Å²) >= 11 is 0. The Hall–Kier alpha value is -1.08. The van der Waals surface area contributed by atoms with Crippen LogP contribution in [0.4, 0.5) is 0 Å². The van der Waals surface area contributed by atoms with E-state index in [1.165, 1.54) is 6.42 Å². The quantitative estimate of drug-likeness (QED) is 0.701. The zero-order chi connectivity index (χ0) is 11.8. The highest BCUT2D eigenvalue weighted by Crippen LogP contribution is 2.20. The van der Waals surface area contributed by atoms with E-state index in [9.17, 15) is 4.79 Å². The van der Waals surface area contributed by atoms with Crippen LogP contribution in [0.15, 0.2) is 0 Å². The fourth-order valence-corrected chi connectivity index (χ4v) is 2.31. The van der Waals surface area contributed by atoms with E-state index < -0.39 is 5.97 Å². The lowest BCUT2D eigenvalue weighted by Gasteiger charge is -2.34. The average Bonchev–Trinajstić information content (AvgIpc) is 2.26. The summed E-state index contributed by atoms with van der Waals surface area (Å²) in [5.74, 6) is -0.700. The van der Waals surface area contributed by atoms with E-state index in [0.717, 1.165) is 38.8 Å². The van der Waals surface area contributed by atoms with E-state index in [1.807, 2.05) is 0 Å². The molecule has 4 heteroatoms. The Morgan fingerprint density at radius 2 is 2.25 bits per heavy atom. The standard InChI is InChI=1S/C12H20N2O2/c13-7-3-1-4-8-14-9-5-2-6-11(14)10-12(15)16/h11H,1-6,8-10H2,(H,15,16). The first-order valence-corrected chi connectivity index (χ1v) is 6.07. The normalized spacial score (nSPS) is 21.6. The molecule has 0 radical (unpaired) electrons. The monoisotopic (exact) mass is 224 g/mol. The van der Waals surface area contributed by atoms with Crippen LogP contribution in [0.2, 0.25) is 0 Å². The third kappa shape index (κ3) is 4.63. The van der Waals surface area contributed by atoms with Gasteiger partial charge in [0.1, 0.15) is 0 Å². The molecule has 0 aromatic carbocycles. The lowest BCUT2D eigenvalue weighted by molar-refractivity contribution is -0.138.